The van der Waals surface area contributed by atoms with Crippen molar-refractivity contribution >= 4 is 29.0 Å². The van der Waals surface area contributed by atoms with Crippen molar-refractivity contribution in [2.75, 3.05) is 10.6 Å². The Kier molecular flexibility index (Phi) is 6.13. The van der Waals surface area contributed by atoms with E-state index in [2.05, 4.69) is 30.6 Å². The maximum atomic E-state index is 13.0. The Morgan fingerprint density at radius 2 is 1.79 bits per heavy atom. The number of carbonyl (C=O) groups excluding carboxylic acids is 1. The highest BCUT2D eigenvalue weighted by Crippen LogP contribution is 2.36. The molecule has 4 rings (SSSR count). The Balaban J connectivity index is 1.44. The highest BCUT2D eigenvalue weighted by Gasteiger charge is 2.33. The molecule has 33 heavy (non-hydrogen) atoms. The van der Waals surface area contributed by atoms with Gasteiger partial charge in [0.2, 0.25) is 5.88 Å². The van der Waals surface area contributed by atoms with Gasteiger partial charge in [-0.3, -0.25) is 0 Å². The van der Waals surface area contributed by atoms with Crippen LogP contribution in [0.2, 0.25) is 5.02 Å². The number of H-pyrrole nitrogens is 1. The van der Waals surface area contributed by atoms with Gasteiger partial charge in [-0.25, -0.2) is 19.7 Å². The normalized spacial score (nSPS) is 11.2. The molecule has 0 spiro atoms. The first-order valence-electron chi connectivity index (χ1n) is 9.32. The molecule has 0 bridgehead atoms. The van der Waals surface area contributed by atoms with Crippen LogP contribution < -0.4 is 15.4 Å². The number of ether oxygens (including phenoxy) is 1. The van der Waals surface area contributed by atoms with Gasteiger partial charge in [0, 0.05) is 35.9 Å². The van der Waals surface area contributed by atoms with Gasteiger partial charge in [-0.15, -0.1) is 0 Å². The van der Waals surface area contributed by atoms with E-state index in [1.54, 1.807) is 36.7 Å². The minimum atomic E-state index is -4.64. The van der Waals surface area contributed by atoms with Crippen molar-refractivity contribution < 1.29 is 22.7 Å². The lowest BCUT2D eigenvalue weighted by Crippen LogP contribution is -2.20. The number of urea groups is 1. The van der Waals surface area contributed by atoms with Crippen LogP contribution in [-0.4, -0.2) is 26.0 Å². The van der Waals surface area contributed by atoms with E-state index in [0.29, 0.717) is 23.0 Å². The summed E-state index contributed by atoms with van der Waals surface area (Å²) in [6.45, 7) is 0. The number of hydrogen-bond donors (Lipinski definition) is 3. The summed E-state index contributed by atoms with van der Waals surface area (Å²) in [6, 6.07) is 10.3. The first-order valence-corrected chi connectivity index (χ1v) is 9.70. The largest absolute Gasteiger partial charge is 0.439 e. The third-order valence-electron chi connectivity index (χ3n) is 4.23. The minimum absolute atomic E-state index is 0.0666. The lowest BCUT2D eigenvalue weighted by molar-refractivity contribution is -0.137. The molecule has 0 unspecified atom stereocenters. The van der Waals surface area contributed by atoms with Crippen LogP contribution >= 0.6 is 11.6 Å². The molecule has 4 aromatic rings. The van der Waals surface area contributed by atoms with Crippen LogP contribution in [-0.2, 0) is 6.18 Å². The van der Waals surface area contributed by atoms with Gasteiger partial charge in [0.25, 0.3) is 0 Å². The van der Waals surface area contributed by atoms with Crippen molar-refractivity contribution in [1.82, 2.24) is 19.9 Å². The molecular formula is C21H14ClF3N6O2. The zero-order chi connectivity index (χ0) is 23.4. The summed E-state index contributed by atoms with van der Waals surface area (Å²) in [4.78, 5) is 27.5. The van der Waals surface area contributed by atoms with Crippen LogP contribution in [0.25, 0.3) is 11.5 Å². The van der Waals surface area contributed by atoms with Crippen LogP contribution in [0.3, 0.4) is 0 Å². The van der Waals surface area contributed by atoms with Crippen LogP contribution in [0, 0.1) is 0 Å². The second-order valence-electron chi connectivity index (χ2n) is 6.58. The molecule has 0 aliphatic rings. The fourth-order valence-electron chi connectivity index (χ4n) is 2.80. The van der Waals surface area contributed by atoms with E-state index in [0.717, 1.165) is 12.1 Å². The van der Waals surface area contributed by atoms with Gasteiger partial charge in [0.15, 0.2) is 5.82 Å². The molecule has 2 aromatic heterocycles. The summed E-state index contributed by atoms with van der Waals surface area (Å²) in [7, 11) is 0. The van der Waals surface area contributed by atoms with Gasteiger partial charge in [-0.1, -0.05) is 17.7 Å². The Hall–Kier alpha value is -4.12. The topological polar surface area (TPSA) is 105 Å². The lowest BCUT2D eigenvalue weighted by atomic mass is 10.2. The molecule has 2 aromatic carbocycles. The van der Waals surface area contributed by atoms with Crippen molar-refractivity contribution in [1.29, 1.82) is 0 Å². The fourth-order valence-corrected chi connectivity index (χ4v) is 3.03. The van der Waals surface area contributed by atoms with E-state index >= 15 is 0 Å². The number of nitrogens with one attached hydrogen (secondary N) is 3. The Labute approximate surface area is 189 Å². The standard InChI is InChI=1S/C21H14ClF3N6O2/c22-16-5-4-13(9-15(16)21(23,24)25)31-20(32)30-12-2-1-3-14(8-12)33-18-10-17(28-11-29-18)19-26-6-7-27-19/h1-11H,(H,26,27)(H2,30,31,32). The summed E-state index contributed by atoms with van der Waals surface area (Å²) in [6.07, 6.45) is -0.0724. The lowest BCUT2D eigenvalue weighted by Gasteiger charge is -2.13. The maximum Gasteiger partial charge on any atom is 0.417 e. The van der Waals surface area contributed by atoms with E-state index in [1.165, 1.54) is 18.5 Å². The number of carbonyl (C=O) groups is 1. The smallest absolute Gasteiger partial charge is 0.417 e. The molecule has 0 radical (unpaired) electrons. The second-order valence-corrected chi connectivity index (χ2v) is 6.99. The average molecular weight is 475 g/mol. The third kappa shape index (κ3) is 5.57. The number of aromatic amines is 1. The summed E-state index contributed by atoms with van der Waals surface area (Å²) >= 11 is 5.59. The summed E-state index contributed by atoms with van der Waals surface area (Å²) in [5.41, 5.74) is -0.241. The third-order valence-corrected chi connectivity index (χ3v) is 4.56. The summed E-state index contributed by atoms with van der Waals surface area (Å²) in [5, 5.41) is 4.41. The van der Waals surface area contributed by atoms with E-state index in [1.807, 2.05) is 0 Å². The van der Waals surface area contributed by atoms with Crippen LogP contribution in [0.1, 0.15) is 5.56 Å². The van der Waals surface area contributed by atoms with E-state index < -0.39 is 22.8 Å². The number of anilines is 2. The molecule has 12 heteroatoms. The Morgan fingerprint density at radius 3 is 2.52 bits per heavy atom. The molecule has 2 heterocycles. The quantitative estimate of drug-likeness (QED) is 0.330. The van der Waals surface area contributed by atoms with E-state index in [4.69, 9.17) is 16.3 Å². The van der Waals surface area contributed by atoms with Crippen molar-refractivity contribution in [3.8, 4) is 23.1 Å². The number of amides is 2. The SMILES string of the molecule is O=C(Nc1cccc(Oc2cc(-c3ncc[nH]3)ncn2)c1)Nc1ccc(Cl)c(C(F)(F)F)c1. The van der Waals surface area contributed by atoms with E-state index in [9.17, 15) is 18.0 Å². The number of halogens is 4. The predicted octanol–water partition coefficient (Wildman–Crippen LogP) is 5.98. The van der Waals surface area contributed by atoms with Gasteiger partial charge in [-0.2, -0.15) is 13.2 Å². The predicted molar refractivity (Wildman–Crippen MR) is 115 cm³/mol. The Bertz CT molecular complexity index is 1280. The number of hydrogen-bond acceptors (Lipinski definition) is 5. The number of benzene rings is 2. The number of aromatic nitrogens is 4. The van der Waals surface area contributed by atoms with Gasteiger partial charge < -0.3 is 20.4 Å². The van der Waals surface area contributed by atoms with Crippen LogP contribution in [0.5, 0.6) is 11.6 Å². The summed E-state index contributed by atoms with van der Waals surface area (Å²) in [5.74, 6) is 1.16. The zero-order valence-electron chi connectivity index (χ0n) is 16.5. The van der Waals surface area contributed by atoms with Gasteiger partial charge in [-0.05, 0) is 30.3 Å². The number of nitrogens with zero attached hydrogens (tertiary/aromatic N) is 3. The molecule has 2 amide bonds. The van der Waals surface area contributed by atoms with Gasteiger partial charge in [0.05, 0.1) is 10.6 Å². The molecule has 0 saturated carbocycles. The molecular weight excluding hydrogens is 461 g/mol. The highest BCUT2D eigenvalue weighted by molar-refractivity contribution is 6.31. The average Bonchev–Trinajstić information content (AvgIpc) is 3.30. The van der Waals surface area contributed by atoms with Crippen LogP contribution in [0.4, 0.5) is 29.3 Å². The van der Waals surface area contributed by atoms with Crippen molar-refractivity contribution in [3.05, 3.63) is 77.8 Å². The number of rotatable bonds is 5. The second kappa shape index (κ2) is 9.17. The molecule has 3 N–H and O–H groups in total. The van der Waals surface area contributed by atoms with Crippen LogP contribution in [0.15, 0.2) is 67.3 Å². The van der Waals surface area contributed by atoms with Gasteiger partial charge >= 0.3 is 12.2 Å². The fraction of sp³-hybridized carbons (Fsp3) is 0.0476. The van der Waals surface area contributed by atoms with Crippen molar-refractivity contribution in [2.45, 2.75) is 6.18 Å². The maximum absolute atomic E-state index is 13.0. The van der Waals surface area contributed by atoms with Crippen molar-refractivity contribution in [3.63, 3.8) is 0 Å². The molecule has 0 saturated heterocycles. The first-order chi connectivity index (χ1) is 15.8. The van der Waals surface area contributed by atoms with Gasteiger partial charge in [0.1, 0.15) is 17.8 Å². The highest BCUT2D eigenvalue weighted by atomic mass is 35.5. The first kappa shape index (κ1) is 22.1. The summed E-state index contributed by atoms with van der Waals surface area (Å²) < 4.78 is 44.7. The zero-order valence-corrected chi connectivity index (χ0v) is 17.3. The number of alkyl halides is 3. The minimum Gasteiger partial charge on any atom is -0.439 e. The Morgan fingerprint density at radius 1 is 1.00 bits per heavy atom. The number of imidazole rings is 1. The molecule has 0 aliphatic carbocycles. The van der Waals surface area contributed by atoms with Crippen molar-refractivity contribution in [2.24, 2.45) is 0 Å². The molecule has 168 valence electrons. The molecule has 0 aliphatic heterocycles. The van der Waals surface area contributed by atoms with E-state index in [-0.39, 0.29) is 11.6 Å². The molecule has 0 atom stereocenters. The molecule has 0 fully saturated rings. The molecule has 8 nitrogen and oxygen atoms in total. The monoisotopic (exact) mass is 474 g/mol.